The Morgan fingerprint density at radius 2 is 1.93 bits per heavy atom. The number of methoxy groups -OCH3 is 1. The van der Waals surface area contributed by atoms with Crippen molar-refractivity contribution in [2.45, 2.75) is 24.7 Å². The summed E-state index contributed by atoms with van der Waals surface area (Å²) < 4.78 is 35.4. The molecule has 0 bridgehead atoms. The molecule has 156 valence electrons. The highest BCUT2D eigenvalue weighted by atomic mass is 32.2. The molecule has 9 heteroatoms. The monoisotopic (exact) mass is 425 g/mol. The Labute approximate surface area is 175 Å². The minimum Gasteiger partial charge on any atom is -0.495 e. The zero-order valence-electron chi connectivity index (χ0n) is 17.2. The molecule has 0 saturated heterocycles. The first-order valence-electron chi connectivity index (χ1n) is 9.48. The highest BCUT2D eigenvalue weighted by molar-refractivity contribution is 7.92. The van der Waals surface area contributed by atoms with E-state index in [1.54, 1.807) is 41.1 Å². The number of hydrogen-bond donors (Lipinski definition) is 2. The van der Waals surface area contributed by atoms with Crippen LogP contribution in [0.2, 0.25) is 0 Å². The van der Waals surface area contributed by atoms with Gasteiger partial charge >= 0.3 is 0 Å². The third kappa shape index (κ3) is 3.63. The van der Waals surface area contributed by atoms with Crippen molar-refractivity contribution in [1.82, 2.24) is 19.7 Å². The van der Waals surface area contributed by atoms with Gasteiger partial charge in [-0.15, -0.1) is 0 Å². The van der Waals surface area contributed by atoms with Crippen LogP contribution in [-0.4, -0.2) is 35.3 Å². The summed E-state index contributed by atoms with van der Waals surface area (Å²) in [6.45, 7) is 4.14. The quantitative estimate of drug-likeness (QED) is 0.488. The topological polar surface area (TPSA) is 102 Å². The van der Waals surface area contributed by atoms with Gasteiger partial charge in [-0.05, 0) is 36.2 Å². The van der Waals surface area contributed by atoms with Crippen LogP contribution in [-0.2, 0) is 17.1 Å². The van der Waals surface area contributed by atoms with Gasteiger partial charge in [-0.3, -0.25) is 9.40 Å². The number of ether oxygens (including phenoxy) is 1. The smallest absolute Gasteiger partial charge is 0.262 e. The molecule has 2 aromatic heterocycles. The van der Waals surface area contributed by atoms with Gasteiger partial charge in [-0.1, -0.05) is 26.0 Å². The number of rotatable bonds is 6. The Kier molecular flexibility index (Phi) is 4.98. The maximum atomic E-state index is 12.9. The van der Waals surface area contributed by atoms with E-state index in [0.717, 1.165) is 11.3 Å². The lowest BCUT2D eigenvalue weighted by atomic mass is 10.1. The molecule has 0 aliphatic heterocycles. The number of para-hydroxylation sites is 2. The van der Waals surface area contributed by atoms with Crippen molar-refractivity contribution in [3.05, 3.63) is 54.4 Å². The Morgan fingerprint density at radius 1 is 1.17 bits per heavy atom. The van der Waals surface area contributed by atoms with Gasteiger partial charge in [0.1, 0.15) is 11.6 Å². The maximum Gasteiger partial charge on any atom is 0.262 e. The van der Waals surface area contributed by atoms with Crippen LogP contribution < -0.4 is 9.46 Å². The summed E-state index contributed by atoms with van der Waals surface area (Å²) in [4.78, 5) is 8.00. The van der Waals surface area contributed by atoms with E-state index in [1.165, 1.54) is 13.2 Å². The number of benzene rings is 2. The van der Waals surface area contributed by atoms with Gasteiger partial charge in [0.05, 0.1) is 40.0 Å². The van der Waals surface area contributed by atoms with Gasteiger partial charge in [-0.2, -0.15) is 5.10 Å². The number of imidazole rings is 1. The van der Waals surface area contributed by atoms with Gasteiger partial charge in [0.25, 0.3) is 10.0 Å². The molecule has 0 spiro atoms. The number of aromatic amines is 1. The second kappa shape index (κ2) is 7.49. The summed E-state index contributed by atoms with van der Waals surface area (Å²) in [7, 11) is -0.442. The van der Waals surface area contributed by atoms with E-state index < -0.39 is 10.0 Å². The van der Waals surface area contributed by atoms with E-state index >= 15 is 0 Å². The van der Waals surface area contributed by atoms with Crippen molar-refractivity contribution >= 4 is 26.7 Å². The standard InChI is InChI=1S/C21H23N5O3S/c1-13(2)20-15(12-26(3)24-20)21-22-16-10-9-14(11-18(16)23-21)30(27,28)25-17-7-5-6-8-19(17)29-4/h5-13,25H,1-4H3,(H,22,23). The number of aryl methyl sites for hydroxylation is 1. The molecule has 2 heterocycles. The highest BCUT2D eigenvalue weighted by Crippen LogP contribution is 2.30. The minimum absolute atomic E-state index is 0.131. The molecule has 0 aliphatic carbocycles. The summed E-state index contributed by atoms with van der Waals surface area (Å²) in [6, 6.07) is 11.7. The number of sulfonamides is 1. The number of anilines is 1. The molecular formula is C21H23N5O3S. The zero-order valence-corrected chi connectivity index (χ0v) is 18.0. The number of fused-ring (bicyclic) bond motifs is 1. The molecule has 0 saturated carbocycles. The van der Waals surface area contributed by atoms with Crippen LogP contribution in [0.1, 0.15) is 25.5 Å². The van der Waals surface area contributed by atoms with Gasteiger partial charge in [0.15, 0.2) is 0 Å². The van der Waals surface area contributed by atoms with Crippen LogP contribution in [0.25, 0.3) is 22.4 Å². The van der Waals surface area contributed by atoms with E-state index in [-0.39, 0.29) is 10.8 Å². The number of nitrogens with one attached hydrogen (secondary N) is 2. The molecule has 2 N–H and O–H groups in total. The van der Waals surface area contributed by atoms with Crippen LogP contribution >= 0.6 is 0 Å². The van der Waals surface area contributed by atoms with Crippen molar-refractivity contribution in [3.63, 3.8) is 0 Å². The number of H-pyrrole nitrogens is 1. The van der Waals surface area contributed by atoms with E-state index in [4.69, 9.17) is 4.74 Å². The molecule has 0 amide bonds. The lowest BCUT2D eigenvalue weighted by Crippen LogP contribution is -2.13. The third-order valence-corrected chi connectivity index (χ3v) is 6.14. The van der Waals surface area contributed by atoms with Crippen molar-refractivity contribution in [2.24, 2.45) is 7.05 Å². The largest absolute Gasteiger partial charge is 0.495 e. The van der Waals surface area contributed by atoms with Crippen molar-refractivity contribution in [3.8, 4) is 17.1 Å². The lowest BCUT2D eigenvalue weighted by molar-refractivity contribution is 0.417. The van der Waals surface area contributed by atoms with E-state index in [2.05, 4.69) is 33.6 Å². The van der Waals surface area contributed by atoms with Crippen LogP contribution in [0.15, 0.2) is 53.6 Å². The molecule has 2 aromatic carbocycles. The highest BCUT2D eigenvalue weighted by Gasteiger charge is 2.20. The second-order valence-corrected chi connectivity index (χ2v) is 9.01. The Bertz CT molecular complexity index is 1320. The molecular weight excluding hydrogens is 402 g/mol. The number of nitrogens with zero attached hydrogens (tertiary/aromatic N) is 3. The lowest BCUT2D eigenvalue weighted by Gasteiger charge is -2.11. The Balaban J connectivity index is 1.72. The SMILES string of the molecule is COc1ccccc1NS(=O)(=O)c1ccc2nc(-c3cn(C)nc3C(C)C)[nH]c2c1. The average Bonchev–Trinajstić information content (AvgIpc) is 3.30. The van der Waals surface area contributed by atoms with Crippen LogP contribution in [0.4, 0.5) is 5.69 Å². The van der Waals surface area contributed by atoms with Gasteiger partial charge in [0, 0.05) is 13.2 Å². The van der Waals surface area contributed by atoms with Gasteiger partial charge in [-0.25, -0.2) is 13.4 Å². The van der Waals surface area contributed by atoms with E-state index in [1.807, 2.05) is 13.2 Å². The Hall–Kier alpha value is -3.33. The summed E-state index contributed by atoms with van der Waals surface area (Å²) in [5, 5.41) is 4.52. The molecule has 0 radical (unpaired) electrons. The third-order valence-electron chi connectivity index (χ3n) is 4.77. The summed E-state index contributed by atoms with van der Waals surface area (Å²) in [5.41, 5.74) is 3.52. The van der Waals surface area contributed by atoms with Crippen LogP contribution in [0, 0.1) is 0 Å². The van der Waals surface area contributed by atoms with Crippen molar-refractivity contribution < 1.29 is 13.2 Å². The first-order valence-corrected chi connectivity index (χ1v) is 11.0. The van der Waals surface area contributed by atoms with Crippen molar-refractivity contribution in [1.29, 1.82) is 0 Å². The normalized spacial score (nSPS) is 11.9. The zero-order chi connectivity index (χ0) is 21.5. The van der Waals surface area contributed by atoms with Crippen molar-refractivity contribution in [2.75, 3.05) is 11.8 Å². The molecule has 30 heavy (non-hydrogen) atoms. The predicted octanol–water partition coefficient (Wildman–Crippen LogP) is 3.90. The van der Waals surface area contributed by atoms with Crippen LogP contribution in [0.5, 0.6) is 5.75 Å². The molecule has 4 aromatic rings. The van der Waals surface area contributed by atoms with E-state index in [0.29, 0.717) is 28.3 Å². The van der Waals surface area contributed by atoms with Gasteiger partial charge in [0.2, 0.25) is 0 Å². The van der Waals surface area contributed by atoms with E-state index in [9.17, 15) is 8.42 Å². The summed E-state index contributed by atoms with van der Waals surface area (Å²) in [5.74, 6) is 1.34. The first-order chi connectivity index (χ1) is 14.3. The molecule has 0 unspecified atom stereocenters. The molecule has 0 fully saturated rings. The molecule has 0 atom stereocenters. The predicted molar refractivity (Wildman–Crippen MR) is 116 cm³/mol. The molecule has 0 aliphatic rings. The number of aromatic nitrogens is 4. The first kappa shape index (κ1) is 20.0. The summed E-state index contributed by atoms with van der Waals surface area (Å²) in [6.07, 6.45) is 1.91. The van der Waals surface area contributed by atoms with Gasteiger partial charge < -0.3 is 9.72 Å². The fraction of sp³-hybridized carbons (Fsp3) is 0.238. The second-order valence-electron chi connectivity index (χ2n) is 7.33. The average molecular weight is 426 g/mol. The minimum atomic E-state index is -3.80. The molecule has 4 rings (SSSR count). The summed E-state index contributed by atoms with van der Waals surface area (Å²) >= 11 is 0. The fourth-order valence-electron chi connectivity index (χ4n) is 3.33. The maximum absolute atomic E-state index is 12.9. The van der Waals surface area contributed by atoms with Crippen LogP contribution in [0.3, 0.4) is 0 Å². The number of hydrogen-bond acceptors (Lipinski definition) is 5. The Morgan fingerprint density at radius 3 is 2.67 bits per heavy atom. The molecule has 8 nitrogen and oxygen atoms in total. The fourth-order valence-corrected chi connectivity index (χ4v) is 4.43.